The van der Waals surface area contributed by atoms with Crippen LogP contribution in [0.25, 0.3) is 0 Å². The molecular formula is C19H31N3O3. The van der Waals surface area contributed by atoms with Crippen molar-refractivity contribution in [3.8, 4) is 0 Å². The van der Waals surface area contributed by atoms with Crippen LogP contribution in [0.1, 0.15) is 31.9 Å². The van der Waals surface area contributed by atoms with Gasteiger partial charge in [0.2, 0.25) is 0 Å². The lowest BCUT2D eigenvalue weighted by atomic mass is 10.2. The molecule has 1 unspecified atom stereocenters. The molecule has 1 fully saturated rings. The van der Waals surface area contributed by atoms with Gasteiger partial charge in [-0.2, -0.15) is 0 Å². The summed E-state index contributed by atoms with van der Waals surface area (Å²) in [5.74, 6) is 1.77. The fourth-order valence-electron chi connectivity index (χ4n) is 2.52. The second kappa shape index (κ2) is 11.7. The molecule has 6 nitrogen and oxygen atoms in total. The van der Waals surface area contributed by atoms with Gasteiger partial charge >= 0.3 is 0 Å². The first-order chi connectivity index (χ1) is 12.2. The van der Waals surface area contributed by atoms with Crippen LogP contribution in [0, 0.1) is 0 Å². The van der Waals surface area contributed by atoms with Gasteiger partial charge in [0.25, 0.3) is 0 Å². The number of ether oxygens (including phenoxy) is 2. The Balaban J connectivity index is 1.59. The third-order valence-corrected chi connectivity index (χ3v) is 3.84. The first-order valence-electron chi connectivity index (χ1n) is 9.12. The average molecular weight is 349 g/mol. The minimum atomic E-state index is 0.295. The third kappa shape index (κ3) is 8.74. The molecule has 0 aromatic carbocycles. The van der Waals surface area contributed by atoms with E-state index in [1.165, 1.54) is 0 Å². The van der Waals surface area contributed by atoms with E-state index in [1.807, 2.05) is 19.1 Å². The number of guanidine groups is 1. The molecule has 0 saturated carbocycles. The lowest BCUT2D eigenvalue weighted by Crippen LogP contribution is -2.39. The first kappa shape index (κ1) is 19.5. The molecule has 1 aromatic heterocycles. The summed E-state index contributed by atoms with van der Waals surface area (Å²) < 4.78 is 16.6. The minimum absolute atomic E-state index is 0.295. The number of nitrogens with one attached hydrogen (secondary N) is 2. The Hall–Kier alpha value is -1.79. The van der Waals surface area contributed by atoms with Crippen LogP contribution in [0.3, 0.4) is 0 Å². The van der Waals surface area contributed by atoms with Crippen LogP contribution in [-0.2, 0) is 15.9 Å². The van der Waals surface area contributed by atoms with E-state index in [0.29, 0.717) is 19.3 Å². The molecule has 1 saturated heterocycles. The molecule has 0 amide bonds. The topological polar surface area (TPSA) is 68.0 Å². The maximum atomic E-state index is 5.68. The molecule has 2 N–H and O–H groups in total. The number of hydrogen-bond donors (Lipinski definition) is 2. The van der Waals surface area contributed by atoms with Crippen molar-refractivity contribution in [3.63, 3.8) is 0 Å². The van der Waals surface area contributed by atoms with Gasteiger partial charge in [0, 0.05) is 32.7 Å². The zero-order chi connectivity index (χ0) is 17.7. The smallest absolute Gasteiger partial charge is 0.191 e. The normalized spacial score (nSPS) is 17.6. The van der Waals surface area contributed by atoms with E-state index in [9.17, 15) is 0 Å². The van der Waals surface area contributed by atoms with Gasteiger partial charge in [-0.3, -0.25) is 0 Å². The summed E-state index contributed by atoms with van der Waals surface area (Å²) in [6.45, 7) is 10.4. The average Bonchev–Trinajstić information content (AvgIpc) is 3.28. The molecule has 0 radical (unpaired) electrons. The summed E-state index contributed by atoms with van der Waals surface area (Å²) in [5.41, 5.74) is 1.03. The van der Waals surface area contributed by atoms with E-state index in [-0.39, 0.29) is 0 Å². The van der Waals surface area contributed by atoms with Gasteiger partial charge in [0.15, 0.2) is 5.96 Å². The summed E-state index contributed by atoms with van der Waals surface area (Å²) in [6, 6.07) is 3.88. The van der Waals surface area contributed by atoms with Crippen molar-refractivity contribution in [2.24, 2.45) is 4.99 Å². The van der Waals surface area contributed by atoms with E-state index in [1.54, 1.807) is 6.26 Å². The standard InChI is InChI=1S/C19H31N3O3/c1-16(2)14-22-19(21-10-8-17-6-3-12-24-17)20-9-5-11-23-15-18-7-4-13-25-18/h3,6,12,18H,1,4-5,7-11,13-15H2,2H3,(H2,20,21,22). The maximum Gasteiger partial charge on any atom is 0.191 e. The second-order valence-electron chi connectivity index (χ2n) is 6.37. The molecule has 0 spiro atoms. The summed E-state index contributed by atoms with van der Waals surface area (Å²) in [4.78, 5) is 4.53. The molecule has 1 aliphatic heterocycles. The molecule has 2 heterocycles. The number of aliphatic imine (C=N–C) groups is 1. The molecule has 25 heavy (non-hydrogen) atoms. The molecule has 1 aliphatic rings. The molecule has 6 heteroatoms. The highest BCUT2D eigenvalue weighted by Gasteiger charge is 2.14. The number of rotatable bonds is 11. The molecule has 0 aliphatic carbocycles. The van der Waals surface area contributed by atoms with E-state index in [0.717, 1.165) is 69.3 Å². The Bertz CT molecular complexity index is 508. The Kier molecular flexibility index (Phi) is 9.15. The predicted octanol–water partition coefficient (Wildman–Crippen LogP) is 2.52. The molecule has 1 atom stereocenters. The van der Waals surface area contributed by atoms with Gasteiger partial charge in [-0.1, -0.05) is 12.2 Å². The molecule has 0 bridgehead atoms. The maximum absolute atomic E-state index is 5.68. The first-order valence-corrected chi connectivity index (χ1v) is 9.12. The van der Waals surface area contributed by atoms with Crippen molar-refractivity contribution in [1.82, 2.24) is 10.6 Å². The fourth-order valence-corrected chi connectivity index (χ4v) is 2.52. The van der Waals surface area contributed by atoms with Crippen molar-refractivity contribution >= 4 is 5.96 Å². The number of hydrogen-bond acceptors (Lipinski definition) is 4. The summed E-state index contributed by atoms with van der Waals surface area (Å²) in [5, 5.41) is 6.67. The summed E-state index contributed by atoms with van der Waals surface area (Å²) >= 11 is 0. The van der Waals surface area contributed by atoms with Gasteiger partial charge in [-0.25, -0.2) is 4.99 Å². The fraction of sp³-hybridized carbons (Fsp3) is 0.632. The summed E-state index contributed by atoms with van der Waals surface area (Å²) in [6.07, 6.45) is 6.02. The van der Waals surface area contributed by atoms with E-state index in [2.05, 4.69) is 22.2 Å². The Morgan fingerprint density at radius 2 is 2.28 bits per heavy atom. The van der Waals surface area contributed by atoms with Crippen LogP contribution in [-0.4, -0.2) is 51.5 Å². The van der Waals surface area contributed by atoms with Crippen molar-refractivity contribution < 1.29 is 13.9 Å². The Morgan fingerprint density at radius 3 is 3.00 bits per heavy atom. The molecule has 1 aromatic rings. The van der Waals surface area contributed by atoms with E-state index >= 15 is 0 Å². The Labute approximate surface area is 150 Å². The number of furan rings is 1. The van der Waals surface area contributed by atoms with E-state index < -0.39 is 0 Å². The zero-order valence-electron chi connectivity index (χ0n) is 15.3. The molecular weight excluding hydrogens is 318 g/mol. The minimum Gasteiger partial charge on any atom is -0.469 e. The lowest BCUT2D eigenvalue weighted by molar-refractivity contribution is 0.0168. The Morgan fingerprint density at radius 1 is 1.40 bits per heavy atom. The van der Waals surface area contributed by atoms with Crippen LogP contribution in [0.15, 0.2) is 40.0 Å². The third-order valence-electron chi connectivity index (χ3n) is 3.84. The lowest BCUT2D eigenvalue weighted by Gasteiger charge is -2.13. The van der Waals surface area contributed by atoms with Crippen LogP contribution in [0.2, 0.25) is 0 Å². The van der Waals surface area contributed by atoms with Crippen LogP contribution >= 0.6 is 0 Å². The van der Waals surface area contributed by atoms with Gasteiger partial charge in [-0.15, -0.1) is 0 Å². The second-order valence-corrected chi connectivity index (χ2v) is 6.37. The highest BCUT2D eigenvalue weighted by Crippen LogP contribution is 2.11. The predicted molar refractivity (Wildman–Crippen MR) is 99.9 cm³/mol. The van der Waals surface area contributed by atoms with Crippen LogP contribution in [0.5, 0.6) is 0 Å². The number of nitrogens with zero attached hydrogens (tertiary/aromatic N) is 1. The monoisotopic (exact) mass is 349 g/mol. The van der Waals surface area contributed by atoms with Crippen molar-refractivity contribution in [1.29, 1.82) is 0 Å². The SMILES string of the molecule is C=C(C)CN=C(NCCCOCC1CCCO1)NCCc1ccco1. The van der Waals surface area contributed by atoms with Crippen LogP contribution in [0.4, 0.5) is 0 Å². The van der Waals surface area contributed by atoms with Crippen molar-refractivity contribution in [3.05, 3.63) is 36.3 Å². The van der Waals surface area contributed by atoms with Crippen LogP contribution < -0.4 is 10.6 Å². The molecule has 140 valence electrons. The molecule has 2 rings (SSSR count). The summed E-state index contributed by atoms with van der Waals surface area (Å²) in [7, 11) is 0. The zero-order valence-corrected chi connectivity index (χ0v) is 15.3. The van der Waals surface area contributed by atoms with Gasteiger partial charge in [-0.05, 0) is 38.3 Å². The van der Waals surface area contributed by atoms with E-state index in [4.69, 9.17) is 13.9 Å². The van der Waals surface area contributed by atoms with Crippen molar-refractivity contribution in [2.45, 2.75) is 38.7 Å². The highest BCUT2D eigenvalue weighted by atomic mass is 16.5. The largest absolute Gasteiger partial charge is 0.469 e. The van der Waals surface area contributed by atoms with Crippen molar-refractivity contribution in [2.75, 3.05) is 39.5 Å². The van der Waals surface area contributed by atoms with Gasteiger partial charge in [0.05, 0.1) is 25.5 Å². The quantitative estimate of drug-likeness (QED) is 0.278. The van der Waals surface area contributed by atoms with Gasteiger partial charge in [0.1, 0.15) is 5.76 Å². The van der Waals surface area contributed by atoms with Gasteiger partial charge < -0.3 is 24.5 Å². The highest BCUT2D eigenvalue weighted by molar-refractivity contribution is 5.79.